The topological polar surface area (TPSA) is 83.5 Å². The maximum atomic E-state index is 12.3. The Hall–Kier alpha value is 0.380. The fraction of sp³-hybridized carbons (Fsp3) is 0.969. The summed E-state index contributed by atoms with van der Waals surface area (Å²) in [6.45, 7) is 4.70. The van der Waals surface area contributed by atoms with Crippen molar-refractivity contribution in [3.63, 3.8) is 0 Å². The largest absolute Gasteiger partial charge is 1.00 e. The third kappa shape index (κ3) is 29.7. The molecule has 0 amide bonds. The van der Waals surface area contributed by atoms with Gasteiger partial charge in [-0.05, 0) is 12.8 Å². The van der Waals surface area contributed by atoms with Gasteiger partial charge in [0.1, 0.15) is 15.4 Å². The van der Waals surface area contributed by atoms with E-state index in [2.05, 4.69) is 13.8 Å². The molecule has 0 radical (unpaired) electrons. The molecule has 0 saturated heterocycles. The van der Waals surface area contributed by atoms with E-state index in [1.54, 1.807) is 0 Å². The molecule has 0 N–H and O–H groups in total. The van der Waals surface area contributed by atoms with Gasteiger partial charge in [-0.3, -0.25) is 4.79 Å². The molecule has 5 nitrogen and oxygen atoms in total. The first-order valence-corrected chi connectivity index (χ1v) is 18.0. The van der Waals surface area contributed by atoms with Crippen LogP contribution in [0, 0.1) is 0 Å². The maximum absolute atomic E-state index is 12.3. The summed E-state index contributed by atoms with van der Waals surface area (Å²) in [6.07, 6.45) is 31.5. The zero-order chi connectivity index (χ0) is 28.2. The number of hydrogen-bond acceptors (Lipinski definition) is 5. The number of rotatable bonds is 30. The number of hydrogen-bond donors (Lipinski definition) is 0. The third-order valence-electron chi connectivity index (χ3n) is 7.67. The van der Waals surface area contributed by atoms with Crippen LogP contribution in [-0.4, -0.2) is 30.8 Å². The fourth-order valence-electron chi connectivity index (χ4n) is 5.11. The van der Waals surface area contributed by atoms with Crippen molar-refractivity contribution in [2.24, 2.45) is 0 Å². The minimum absolute atomic E-state index is 0. The van der Waals surface area contributed by atoms with Gasteiger partial charge in [0.2, 0.25) is 0 Å². The van der Waals surface area contributed by atoms with Crippen LogP contribution in [0.4, 0.5) is 0 Å². The first-order valence-electron chi connectivity index (χ1n) is 16.5. The van der Waals surface area contributed by atoms with Gasteiger partial charge in [0.05, 0.1) is 6.61 Å². The molecule has 228 valence electrons. The smallest absolute Gasteiger partial charge is 0.747 e. The van der Waals surface area contributed by atoms with Crippen LogP contribution in [-0.2, 0) is 19.6 Å². The quantitative estimate of drug-likeness (QED) is 0.0393. The van der Waals surface area contributed by atoms with Gasteiger partial charge < -0.3 is 9.29 Å². The molecule has 0 spiro atoms. The van der Waals surface area contributed by atoms with E-state index in [0.29, 0.717) is 6.42 Å². The van der Waals surface area contributed by atoms with Crippen molar-refractivity contribution in [2.45, 2.75) is 192 Å². The number of unbranched alkanes of at least 4 members (excludes halogenated alkanes) is 24. The van der Waals surface area contributed by atoms with Crippen LogP contribution in [0.1, 0.15) is 187 Å². The van der Waals surface area contributed by atoms with Crippen molar-refractivity contribution in [1.29, 1.82) is 0 Å². The fourth-order valence-corrected chi connectivity index (χ4v) is 5.87. The second-order valence-electron chi connectivity index (χ2n) is 11.4. The normalized spacial score (nSPS) is 12.3. The minimum atomic E-state index is -4.67. The van der Waals surface area contributed by atoms with Crippen molar-refractivity contribution in [2.75, 3.05) is 6.61 Å². The molecule has 0 bridgehead atoms. The molecule has 0 saturated carbocycles. The van der Waals surface area contributed by atoms with Gasteiger partial charge in [0, 0.05) is 0 Å². The zero-order valence-corrected chi connectivity index (χ0v) is 29.1. The Morgan fingerprint density at radius 1 is 0.538 bits per heavy atom. The molecule has 0 heterocycles. The molecule has 7 heteroatoms. The van der Waals surface area contributed by atoms with E-state index >= 15 is 0 Å². The van der Waals surface area contributed by atoms with Gasteiger partial charge in [-0.15, -0.1) is 0 Å². The number of carbonyl (C=O) groups excluding carboxylic acids is 1. The summed E-state index contributed by atoms with van der Waals surface area (Å²) in [5.74, 6) is -0.849. The Morgan fingerprint density at radius 2 is 0.821 bits per heavy atom. The third-order valence-corrected chi connectivity index (χ3v) is 8.80. The van der Waals surface area contributed by atoms with Gasteiger partial charge in [0.15, 0.2) is 0 Å². The summed E-state index contributed by atoms with van der Waals surface area (Å²) in [5.41, 5.74) is 0. The first kappa shape index (κ1) is 41.5. The van der Waals surface area contributed by atoms with Crippen LogP contribution in [0.15, 0.2) is 0 Å². The first-order chi connectivity index (χ1) is 18.4. The Bertz CT molecular complexity index is 612. The maximum Gasteiger partial charge on any atom is 1.00 e. The molecular formula is C32H63NaO5S. The SMILES string of the molecule is CCCCCCCCCCCCCCCCC(C(=O)OCCCCCCCCCCCCCC)S(=O)(=O)[O-].[Na+]. The molecule has 1 unspecified atom stereocenters. The number of carbonyl (C=O) groups is 1. The molecule has 0 aliphatic rings. The van der Waals surface area contributed by atoms with Gasteiger partial charge in [0.25, 0.3) is 0 Å². The van der Waals surface area contributed by atoms with Crippen molar-refractivity contribution < 1.29 is 52.1 Å². The van der Waals surface area contributed by atoms with E-state index in [9.17, 15) is 17.8 Å². The summed E-state index contributed by atoms with van der Waals surface area (Å²) in [7, 11) is -4.67. The van der Waals surface area contributed by atoms with Gasteiger partial charge in [-0.2, -0.15) is 0 Å². The molecule has 0 aliphatic heterocycles. The molecule has 39 heavy (non-hydrogen) atoms. The molecular weight excluding hydrogens is 519 g/mol. The van der Waals surface area contributed by atoms with Crippen molar-refractivity contribution in [1.82, 2.24) is 0 Å². The molecule has 0 rings (SSSR count). The van der Waals surface area contributed by atoms with Gasteiger partial charge in [-0.25, -0.2) is 8.42 Å². The standard InChI is InChI=1S/C32H64O5S.Na/c1-3-5-7-9-11-13-15-17-18-19-21-23-25-27-29-31(38(34,35)36)32(33)37-30-28-26-24-22-20-16-14-12-10-8-6-4-2;/h31H,3-30H2,1-2H3,(H,34,35,36);/q;+1/p-1. The van der Waals surface area contributed by atoms with Crippen LogP contribution >= 0.6 is 0 Å². The average molecular weight is 583 g/mol. The van der Waals surface area contributed by atoms with E-state index < -0.39 is 21.3 Å². The minimum Gasteiger partial charge on any atom is -0.747 e. The Morgan fingerprint density at radius 3 is 1.13 bits per heavy atom. The molecule has 0 aliphatic carbocycles. The van der Waals surface area contributed by atoms with Crippen LogP contribution in [0.3, 0.4) is 0 Å². The van der Waals surface area contributed by atoms with Crippen LogP contribution in [0.5, 0.6) is 0 Å². The van der Waals surface area contributed by atoms with Crippen molar-refractivity contribution >= 4 is 16.1 Å². The van der Waals surface area contributed by atoms with Crippen molar-refractivity contribution in [3.8, 4) is 0 Å². The monoisotopic (exact) mass is 582 g/mol. The molecule has 0 aromatic heterocycles. The van der Waals surface area contributed by atoms with Gasteiger partial charge >= 0.3 is 35.5 Å². The number of ether oxygens (including phenoxy) is 1. The van der Waals surface area contributed by atoms with Gasteiger partial charge in [-0.1, -0.05) is 174 Å². The van der Waals surface area contributed by atoms with Crippen LogP contribution < -0.4 is 29.6 Å². The molecule has 0 fully saturated rings. The molecule has 1 atom stereocenters. The van der Waals surface area contributed by atoms with E-state index in [0.717, 1.165) is 38.5 Å². The predicted octanol–water partition coefficient (Wildman–Crippen LogP) is 7.02. The second kappa shape index (κ2) is 31.3. The predicted molar refractivity (Wildman–Crippen MR) is 160 cm³/mol. The van der Waals surface area contributed by atoms with Crippen LogP contribution in [0.25, 0.3) is 0 Å². The second-order valence-corrected chi connectivity index (χ2v) is 13.0. The summed E-state index contributed by atoms with van der Waals surface area (Å²) < 4.78 is 40.0. The molecule has 0 aromatic carbocycles. The number of esters is 1. The molecule has 0 aromatic rings. The summed E-state index contributed by atoms with van der Waals surface area (Å²) in [6, 6.07) is 0. The van der Waals surface area contributed by atoms with E-state index in [1.807, 2.05) is 0 Å². The Balaban J connectivity index is 0. The Kier molecular flexibility index (Phi) is 33.3. The van der Waals surface area contributed by atoms with Crippen LogP contribution in [0.2, 0.25) is 0 Å². The summed E-state index contributed by atoms with van der Waals surface area (Å²) >= 11 is 0. The van der Waals surface area contributed by atoms with Crippen molar-refractivity contribution in [3.05, 3.63) is 0 Å². The van der Waals surface area contributed by atoms with E-state index in [1.165, 1.54) is 122 Å². The Labute approximate surface area is 265 Å². The van der Waals surface area contributed by atoms with E-state index in [-0.39, 0.29) is 42.6 Å². The summed E-state index contributed by atoms with van der Waals surface area (Å²) in [5, 5.41) is -1.54. The zero-order valence-electron chi connectivity index (χ0n) is 26.3. The van der Waals surface area contributed by atoms with E-state index in [4.69, 9.17) is 4.74 Å². The summed E-state index contributed by atoms with van der Waals surface area (Å²) in [4.78, 5) is 12.3. The average Bonchev–Trinajstić information content (AvgIpc) is 2.88.